The van der Waals surface area contributed by atoms with E-state index in [9.17, 15) is 4.39 Å². The maximum atomic E-state index is 12.8. The summed E-state index contributed by atoms with van der Waals surface area (Å²) in [7, 11) is 0. The van der Waals surface area contributed by atoms with Gasteiger partial charge in [0.25, 0.3) is 0 Å². The highest BCUT2D eigenvalue weighted by atomic mass is 19.1. The van der Waals surface area contributed by atoms with Gasteiger partial charge < -0.3 is 4.74 Å². The van der Waals surface area contributed by atoms with Crippen molar-refractivity contribution in [1.82, 2.24) is 0 Å². The van der Waals surface area contributed by atoms with Crippen LogP contribution in [0.2, 0.25) is 0 Å². The molecule has 11 atom stereocenters. The topological polar surface area (TPSA) is 9.23 Å². The molecule has 35 heavy (non-hydrogen) atoms. The van der Waals surface area contributed by atoms with Gasteiger partial charge in [-0.25, -0.2) is 4.39 Å². The second kappa shape index (κ2) is 17.2. The maximum Gasteiger partial charge on any atom is 0.103 e. The summed E-state index contributed by atoms with van der Waals surface area (Å²) in [5.74, 6) is 7.49. The predicted octanol–water partition coefficient (Wildman–Crippen LogP) is 10.5. The minimum Gasteiger partial charge on any atom is -0.374 e. The zero-order valence-electron chi connectivity index (χ0n) is 25.4. The highest BCUT2D eigenvalue weighted by Crippen LogP contribution is 2.33. The standard InChI is InChI=1S/2C9H18.C8H15F.C7H12O/c2*1-7-4-5-8(2)9(3)6-7;1-6-3-4-7(2)8(9)5-6;1-6-3-4-7(2)8-5-6/h2*7-9H,4-6H2,1-3H3;6-8H,3-5H2,1-2H3;3-4,6-7H,5H2,1-2H3. The van der Waals surface area contributed by atoms with E-state index in [4.69, 9.17) is 4.74 Å². The normalized spacial score (nSPS) is 43.3. The third-order valence-electron chi connectivity index (χ3n) is 9.41. The van der Waals surface area contributed by atoms with Gasteiger partial charge in [0.2, 0.25) is 0 Å². The van der Waals surface area contributed by atoms with Crippen molar-refractivity contribution >= 4 is 0 Å². The van der Waals surface area contributed by atoms with E-state index in [0.717, 1.165) is 55.0 Å². The van der Waals surface area contributed by atoms with E-state index in [1.54, 1.807) is 0 Å². The highest BCUT2D eigenvalue weighted by Gasteiger charge is 2.24. The fourth-order valence-electron chi connectivity index (χ4n) is 5.86. The van der Waals surface area contributed by atoms with Crippen LogP contribution in [-0.2, 0) is 4.74 Å². The summed E-state index contributed by atoms with van der Waals surface area (Å²) in [5, 5.41) is 0. The summed E-state index contributed by atoms with van der Waals surface area (Å²) in [6.45, 7) is 23.6. The first-order valence-corrected chi connectivity index (χ1v) is 15.3. The second-order valence-corrected chi connectivity index (χ2v) is 13.6. The Morgan fingerprint density at radius 3 is 1.23 bits per heavy atom. The summed E-state index contributed by atoms with van der Waals surface area (Å²) in [6.07, 6.45) is 16.0. The van der Waals surface area contributed by atoms with Crippen LogP contribution in [0, 0.1) is 53.3 Å². The summed E-state index contributed by atoms with van der Waals surface area (Å²) in [6, 6.07) is 0. The van der Waals surface area contributed by atoms with Crippen LogP contribution in [0.15, 0.2) is 12.2 Å². The quantitative estimate of drug-likeness (QED) is 0.304. The molecule has 0 amide bonds. The molecule has 3 aliphatic carbocycles. The van der Waals surface area contributed by atoms with Crippen molar-refractivity contribution in [2.24, 2.45) is 53.3 Å². The molecule has 3 saturated carbocycles. The molecule has 11 unspecified atom stereocenters. The molecular weight excluding hydrogens is 431 g/mol. The Labute approximate surface area is 220 Å². The van der Waals surface area contributed by atoms with Crippen LogP contribution >= 0.6 is 0 Å². The summed E-state index contributed by atoms with van der Waals surface area (Å²) in [5.41, 5.74) is 0. The van der Waals surface area contributed by atoms with Crippen molar-refractivity contribution < 1.29 is 9.13 Å². The molecule has 2 heteroatoms. The molecule has 4 aliphatic rings. The lowest BCUT2D eigenvalue weighted by atomic mass is 9.77. The number of ether oxygens (including phenoxy) is 1. The number of halogens is 1. The molecule has 0 N–H and O–H groups in total. The van der Waals surface area contributed by atoms with Gasteiger partial charge in [0.15, 0.2) is 0 Å². The first-order chi connectivity index (χ1) is 16.4. The molecule has 0 aromatic heterocycles. The van der Waals surface area contributed by atoms with Gasteiger partial charge in [-0.05, 0) is 85.9 Å². The highest BCUT2D eigenvalue weighted by molar-refractivity contribution is 4.94. The maximum absolute atomic E-state index is 12.8. The summed E-state index contributed by atoms with van der Waals surface area (Å²) < 4.78 is 18.1. The molecule has 1 nitrogen and oxygen atoms in total. The van der Waals surface area contributed by atoms with Crippen LogP contribution < -0.4 is 0 Å². The van der Waals surface area contributed by atoms with Crippen molar-refractivity contribution in [2.45, 2.75) is 139 Å². The van der Waals surface area contributed by atoms with Crippen LogP contribution in [0.5, 0.6) is 0 Å². The van der Waals surface area contributed by atoms with E-state index in [-0.39, 0.29) is 0 Å². The van der Waals surface area contributed by atoms with Gasteiger partial charge in [-0.3, -0.25) is 0 Å². The average molecular weight is 495 g/mol. The first kappa shape index (κ1) is 32.7. The van der Waals surface area contributed by atoms with Gasteiger partial charge in [-0.2, -0.15) is 0 Å². The minimum atomic E-state index is -0.520. The molecule has 0 spiro atoms. The van der Waals surface area contributed by atoms with Crippen LogP contribution in [0.25, 0.3) is 0 Å². The molecule has 208 valence electrons. The lowest BCUT2D eigenvalue weighted by molar-refractivity contribution is 0.0709. The smallest absolute Gasteiger partial charge is 0.103 e. The third-order valence-corrected chi connectivity index (χ3v) is 9.41. The molecule has 1 aliphatic heterocycles. The Kier molecular flexibility index (Phi) is 16.0. The van der Waals surface area contributed by atoms with E-state index in [0.29, 0.717) is 23.9 Å². The van der Waals surface area contributed by atoms with Crippen molar-refractivity contribution in [1.29, 1.82) is 0 Å². The lowest BCUT2D eigenvalue weighted by Crippen LogP contribution is -2.22. The van der Waals surface area contributed by atoms with Crippen LogP contribution in [0.3, 0.4) is 0 Å². The largest absolute Gasteiger partial charge is 0.374 e. The van der Waals surface area contributed by atoms with Gasteiger partial charge in [0, 0.05) is 0 Å². The average Bonchev–Trinajstić information content (AvgIpc) is 2.80. The zero-order chi connectivity index (χ0) is 26.5. The Bertz CT molecular complexity index is 490. The van der Waals surface area contributed by atoms with E-state index in [2.05, 4.69) is 74.5 Å². The van der Waals surface area contributed by atoms with Gasteiger partial charge in [0.1, 0.15) is 6.17 Å². The van der Waals surface area contributed by atoms with Crippen molar-refractivity contribution in [3.05, 3.63) is 12.2 Å². The van der Waals surface area contributed by atoms with E-state index in [1.807, 2.05) is 6.92 Å². The third kappa shape index (κ3) is 14.2. The van der Waals surface area contributed by atoms with Crippen molar-refractivity contribution in [3.63, 3.8) is 0 Å². The van der Waals surface area contributed by atoms with Gasteiger partial charge in [-0.1, -0.05) is 107 Å². The molecule has 0 saturated heterocycles. The fraction of sp³-hybridized carbons (Fsp3) is 0.939. The number of hydrogen-bond acceptors (Lipinski definition) is 1. The van der Waals surface area contributed by atoms with Crippen molar-refractivity contribution in [3.8, 4) is 0 Å². The van der Waals surface area contributed by atoms with Gasteiger partial charge >= 0.3 is 0 Å². The molecule has 0 aromatic rings. The summed E-state index contributed by atoms with van der Waals surface area (Å²) in [4.78, 5) is 0. The Morgan fingerprint density at radius 2 is 0.943 bits per heavy atom. The van der Waals surface area contributed by atoms with Crippen LogP contribution in [-0.4, -0.2) is 18.9 Å². The number of hydrogen-bond donors (Lipinski definition) is 0. The summed E-state index contributed by atoms with van der Waals surface area (Å²) >= 11 is 0. The van der Waals surface area contributed by atoms with Gasteiger partial charge in [0.05, 0.1) is 12.7 Å². The monoisotopic (exact) mass is 494 g/mol. The van der Waals surface area contributed by atoms with Gasteiger partial charge in [-0.15, -0.1) is 0 Å². The fourth-order valence-corrected chi connectivity index (χ4v) is 5.86. The first-order valence-electron chi connectivity index (χ1n) is 15.3. The van der Waals surface area contributed by atoms with E-state index < -0.39 is 6.17 Å². The van der Waals surface area contributed by atoms with E-state index >= 15 is 0 Å². The molecule has 3 fully saturated rings. The van der Waals surface area contributed by atoms with Crippen LogP contribution in [0.1, 0.15) is 127 Å². The Balaban J connectivity index is 0.000000234. The molecule has 4 rings (SSSR count). The Hall–Kier alpha value is -0.370. The molecule has 0 aromatic carbocycles. The number of alkyl halides is 1. The SMILES string of the molecule is CC1C=CC(C)OC1.CC1CCC(C)C(C)C1.CC1CCC(C)C(C)C1.CC1CCC(C)C(F)C1. The van der Waals surface area contributed by atoms with Crippen molar-refractivity contribution in [2.75, 3.05) is 6.61 Å². The molecule has 1 heterocycles. The minimum absolute atomic E-state index is 0.321. The molecule has 0 radical (unpaired) electrons. The number of rotatable bonds is 0. The predicted molar refractivity (Wildman–Crippen MR) is 153 cm³/mol. The zero-order valence-corrected chi connectivity index (χ0v) is 25.4. The second-order valence-electron chi connectivity index (χ2n) is 13.6. The lowest BCUT2D eigenvalue weighted by Gasteiger charge is -2.29. The van der Waals surface area contributed by atoms with E-state index in [1.165, 1.54) is 44.9 Å². The Morgan fingerprint density at radius 1 is 0.514 bits per heavy atom. The molecular formula is C33H63FO. The van der Waals surface area contributed by atoms with Crippen LogP contribution in [0.4, 0.5) is 4.39 Å². The molecule has 0 bridgehead atoms.